The Hall–Kier alpha value is -1.59. The molecule has 0 aromatic carbocycles. The predicted molar refractivity (Wildman–Crippen MR) is 238 cm³/mol. The van der Waals surface area contributed by atoms with Crippen LogP contribution in [0.1, 0.15) is 278 Å². The number of unbranched alkanes of at least 4 members (excludes halogenated alkanes) is 32. The molecule has 0 radical (unpaired) electrons. The minimum atomic E-state index is -0.760. The smallest absolute Gasteiger partial charge is 0.306 e. The number of ether oxygens (including phenoxy) is 3. The van der Waals surface area contributed by atoms with Crippen molar-refractivity contribution in [2.75, 3.05) is 13.2 Å². The molecule has 0 saturated heterocycles. The largest absolute Gasteiger partial charge is 0.462 e. The molecule has 0 spiro atoms. The molecule has 0 bridgehead atoms. The Morgan fingerprint density at radius 2 is 0.589 bits per heavy atom. The Morgan fingerprint density at radius 3 is 0.875 bits per heavy atom. The van der Waals surface area contributed by atoms with Gasteiger partial charge in [-0.1, -0.05) is 240 Å². The van der Waals surface area contributed by atoms with Gasteiger partial charge in [-0.15, -0.1) is 0 Å². The predicted octanol–water partition coefficient (Wildman–Crippen LogP) is 15.9. The van der Waals surface area contributed by atoms with Crippen molar-refractivity contribution in [3.63, 3.8) is 0 Å². The highest BCUT2D eigenvalue weighted by molar-refractivity contribution is 5.71. The van der Waals surface area contributed by atoms with Gasteiger partial charge in [-0.05, 0) is 25.2 Å². The Kier molecular flexibility index (Phi) is 43.2. The summed E-state index contributed by atoms with van der Waals surface area (Å²) in [6.07, 6.45) is 45.3. The zero-order chi connectivity index (χ0) is 41.0. The monoisotopic (exact) mass is 793 g/mol. The van der Waals surface area contributed by atoms with E-state index in [0.717, 1.165) is 63.7 Å². The van der Waals surface area contributed by atoms with Crippen LogP contribution in [0.5, 0.6) is 0 Å². The van der Waals surface area contributed by atoms with E-state index < -0.39 is 6.10 Å². The van der Waals surface area contributed by atoms with Gasteiger partial charge < -0.3 is 14.2 Å². The Labute approximate surface area is 348 Å². The first-order chi connectivity index (χ1) is 27.4. The van der Waals surface area contributed by atoms with E-state index in [-0.39, 0.29) is 31.1 Å². The highest BCUT2D eigenvalue weighted by atomic mass is 16.6. The molecule has 1 atom stereocenters. The molecule has 0 rings (SSSR count). The van der Waals surface area contributed by atoms with Gasteiger partial charge in [0.05, 0.1) is 0 Å². The van der Waals surface area contributed by atoms with E-state index in [1.165, 1.54) is 173 Å². The molecule has 0 aromatic rings. The number of rotatable bonds is 45. The SMILES string of the molecule is CCCCCCCCCCCCCCCCCCCCC(=O)OC[C@@H](COC(=O)CCCCCCCCCCCCC)OC(=O)CCCCCCCCC(C)C. The van der Waals surface area contributed by atoms with E-state index in [0.29, 0.717) is 19.3 Å². The first-order valence-corrected chi connectivity index (χ1v) is 24.9. The fraction of sp³-hybridized carbons (Fsp3) is 0.940. The third-order valence-corrected chi connectivity index (χ3v) is 11.3. The van der Waals surface area contributed by atoms with Crippen LogP contribution in [0.3, 0.4) is 0 Å². The zero-order valence-electron chi connectivity index (χ0n) is 38.1. The second-order valence-electron chi connectivity index (χ2n) is 17.6. The molecular weight excluding hydrogens is 697 g/mol. The summed E-state index contributed by atoms with van der Waals surface area (Å²) in [5, 5.41) is 0. The lowest BCUT2D eigenvalue weighted by Gasteiger charge is -2.18. The van der Waals surface area contributed by atoms with Gasteiger partial charge in [-0.25, -0.2) is 0 Å². The minimum Gasteiger partial charge on any atom is -0.462 e. The zero-order valence-corrected chi connectivity index (χ0v) is 38.1. The fourth-order valence-electron chi connectivity index (χ4n) is 7.51. The second kappa shape index (κ2) is 44.5. The molecule has 6 nitrogen and oxygen atoms in total. The van der Waals surface area contributed by atoms with Crippen molar-refractivity contribution < 1.29 is 28.6 Å². The van der Waals surface area contributed by atoms with Crippen molar-refractivity contribution in [2.24, 2.45) is 5.92 Å². The van der Waals surface area contributed by atoms with Crippen LogP contribution in [0.2, 0.25) is 0 Å². The average molecular weight is 793 g/mol. The van der Waals surface area contributed by atoms with Gasteiger partial charge in [-0.3, -0.25) is 14.4 Å². The fourth-order valence-corrected chi connectivity index (χ4v) is 7.51. The summed E-state index contributed by atoms with van der Waals surface area (Å²) >= 11 is 0. The molecule has 0 aromatic heterocycles. The van der Waals surface area contributed by atoms with E-state index in [1.807, 2.05) is 0 Å². The number of hydrogen-bond donors (Lipinski definition) is 0. The molecule has 0 amide bonds. The third kappa shape index (κ3) is 43.5. The van der Waals surface area contributed by atoms with E-state index in [1.54, 1.807) is 0 Å². The third-order valence-electron chi connectivity index (χ3n) is 11.3. The van der Waals surface area contributed by atoms with Crippen LogP contribution in [0.4, 0.5) is 0 Å². The molecule has 0 saturated carbocycles. The van der Waals surface area contributed by atoms with Gasteiger partial charge in [0.2, 0.25) is 0 Å². The molecule has 0 unspecified atom stereocenters. The molecule has 0 heterocycles. The summed E-state index contributed by atoms with van der Waals surface area (Å²) in [5.74, 6) is -0.0954. The van der Waals surface area contributed by atoms with E-state index in [9.17, 15) is 14.4 Å². The maximum absolute atomic E-state index is 12.7. The molecule has 0 aliphatic carbocycles. The van der Waals surface area contributed by atoms with Gasteiger partial charge in [0.25, 0.3) is 0 Å². The van der Waals surface area contributed by atoms with Crippen molar-refractivity contribution in [3.05, 3.63) is 0 Å². The van der Waals surface area contributed by atoms with Gasteiger partial charge in [0.15, 0.2) is 6.10 Å². The second-order valence-corrected chi connectivity index (χ2v) is 17.6. The van der Waals surface area contributed by atoms with Crippen molar-refractivity contribution >= 4 is 17.9 Å². The van der Waals surface area contributed by atoms with Crippen molar-refractivity contribution in [2.45, 2.75) is 284 Å². The van der Waals surface area contributed by atoms with E-state index in [4.69, 9.17) is 14.2 Å². The van der Waals surface area contributed by atoms with Crippen molar-refractivity contribution in [1.29, 1.82) is 0 Å². The van der Waals surface area contributed by atoms with Gasteiger partial charge >= 0.3 is 17.9 Å². The van der Waals surface area contributed by atoms with Gasteiger partial charge in [0.1, 0.15) is 13.2 Å². The van der Waals surface area contributed by atoms with Crippen LogP contribution < -0.4 is 0 Å². The highest BCUT2D eigenvalue weighted by Gasteiger charge is 2.19. The molecule has 0 fully saturated rings. The number of esters is 3. The molecular formula is C50H96O6. The lowest BCUT2D eigenvalue weighted by molar-refractivity contribution is -0.167. The number of carbonyl (C=O) groups excluding carboxylic acids is 3. The van der Waals surface area contributed by atoms with Crippen molar-refractivity contribution in [3.8, 4) is 0 Å². The molecule has 0 N–H and O–H groups in total. The number of carbonyl (C=O) groups is 3. The van der Waals surface area contributed by atoms with Gasteiger partial charge in [0, 0.05) is 19.3 Å². The first-order valence-electron chi connectivity index (χ1n) is 24.9. The molecule has 0 aliphatic heterocycles. The van der Waals surface area contributed by atoms with Crippen molar-refractivity contribution in [1.82, 2.24) is 0 Å². The maximum Gasteiger partial charge on any atom is 0.306 e. The highest BCUT2D eigenvalue weighted by Crippen LogP contribution is 2.17. The quantitative estimate of drug-likeness (QED) is 0.0347. The molecule has 332 valence electrons. The summed E-state index contributed by atoms with van der Waals surface area (Å²) in [5.41, 5.74) is 0. The Morgan fingerprint density at radius 1 is 0.339 bits per heavy atom. The summed E-state index contributed by atoms with van der Waals surface area (Å²) in [6.45, 7) is 8.94. The van der Waals surface area contributed by atoms with Crippen LogP contribution in [0.15, 0.2) is 0 Å². The van der Waals surface area contributed by atoms with Crippen LogP contribution >= 0.6 is 0 Å². The maximum atomic E-state index is 12.7. The summed E-state index contributed by atoms with van der Waals surface area (Å²) in [4.78, 5) is 37.8. The molecule has 6 heteroatoms. The standard InChI is InChI=1S/C50H96O6/c1-5-7-9-11-13-15-17-18-19-20-21-22-23-25-27-29-34-38-42-49(52)55-45-47(56-50(53)43-39-35-31-30-32-36-40-46(3)4)44-54-48(51)41-37-33-28-26-24-16-14-12-10-8-6-2/h46-47H,5-45H2,1-4H3/t47-/m1/s1. The normalized spacial score (nSPS) is 11.9. The lowest BCUT2D eigenvalue weighted by atomic mass is 10.0. The Balaban J connectivity index is 4.21. The molecule has 56 heavy (non-hydrogen) atoms. The van der Waals surface area contributed by atoms with E-state index >= 15 is 0 Å². The van der Waals surface area contributed by atoms with Gasteiger partial charge in [-0.2, -0.15) is 0 Å². The number of hydrogen-bond acceptors (Lipinski definition) is 6. The minimum absolute atomic E-state index is 0.0643. The van der Waals surface area contributed by atoms with Crippen LogP contribution in [-0.2, 0) is 28.6 Å². The lowest BCUT2D eigenvalue weighted by Crippen LogP contribution is -2.30. The topological polar surface area (TPSA) is 78.9 Å². The Bertz CT molecular complexity index is 841. The average Bonchev–Trinajstić information content (AvgIpc) is 3.18. The van der Waals surface area contributed by atoms with Crippen LogP contribution in [0, 0.1) is 5.92 Å². The van der Waals surface area contributed by atoms with E-state index in [2.05, 4.69) is 27.7 Å². The molecule has 0 aliphatic rings. The summed E-state index contributed by atoms with van der Waals surface area (Å²) in [6, 6.07) is 0. The summed E-state index contributed by atoms with van der Waals surface area (Å²) in [7, 11) is 0. The van der Waals surface area contributed by atoms with Crippen LogP contribution in [-0.4, -0.2) is 37.2 Å². The summed E-state index contributed by atoms with van der Waals surface area (Å²) < 4.78 is 16.7. The van der Waals surface area contributed by atoms with Crippen LogP contribution in [0.25, 0.3) is 0 Å². The first kappa shape index (κ1) is 54.4.